The average molecular weight is 318 g/mol. The van der Waals surface area contributed by atoms with Crippen LogP contribution >= 0.6 is 11.6 Å². The quantitative estimate of drug-likeness (QED) is 0.864. The van der Waals surface area contributed by atoms with Crippen molar-refractivity contribution in [3.63, 3.8) is 0 Å². The molecule has 0 radical (unpaired) electrons. The van der Waals surface area contributed by atoms with Gasteiger partial charge in [-0.1, -0.05) is 48.9 Å². The van der Waals surface area contributed by atoms with Crippen LogP contribution in [0, 0.1) is 0 Å². The highest BCUT2D eigenvalue weighted by atomic mass is 35.5. The van der Waals surface area contributed by atoms with Crippen molar-refractivity contribution in [1.82, 2.24) is 5.32 Å². The van der Waals surface area contributed by atoms with Crippen LogP contribution in [0.5, 0.6) is 5.75 Å². The van der Waals surface area contributed by atoms with Crippen molar-refractivity contribution in [1.29, 1.82) is 0 Å². The van der Waals surface area contributed by atoms with Gasteiger partial charge in [0.25, 0.3) is 5.91 Å². The van der Waals surface area contributed by atoms with Gasteiger partial charge in [-0.05, 0) is 36.6 Å². The Bertz CT molecular complexity index is 628. The zero-order valence-electron chi connectivity index (χ0n) is 12.8. The fraction of sp³-hybridized carbons (Fsp3) is 0.278. The minimum atomic E-state index is -0.132. The molecule has 0 heterocycles. The Morgan fingerprint density at radius 2 is 1.95 bits per heavy atom. The van der Waals surface area contributed by atoms with Crippen molar-refractivity contribution in [2.75, 3.05) is 13.2 Å². The second-order valence-electron chi connectivity index (χ2n) is 5.10. The van der Waals surface area contributed by atoms with Gasteiger partial charge in [0.2, 0.25) is 0 Å². The van der Waals surface area contributed by atoms with Crippen LogP contribution in [0.1, 0.15) is 35.7 Å². The smallest absolute Gasteiger partial charge is 0.251 e. The lowest BCUT2D eigenvalue weighted by Gasteiger charge is -2.13. The van der Waals surface area contributed by atoms with E-state index in [0.717, 1.165) is 0 Å². The number of hydrogen-bond acceptors (Lipinski definition) is 2. The molecular formula is C18H20ClNO2. The molecule has 0 aliphatic heterocycles. The number of halogens is 1. The molecule has 1 N–H and O–H groups in total. The van der Waals surface area contributed by atoms with Crippen LogP contribution in [-0.4, -0.2) is 19.1 Å². The molecule has 3 nitrogen and oxygen atoms in total. The van der Waals surface area contributed by atoms with E-state index in [2.05, 4.69) is 24.4 Å². The van der Waals surface area contributed by atoms with Crippen LogP contribution in [-0.2, 0) is 0 Å². The zero-order valence-corrected chi connectivity index (χ0v) is 13.6. The van der Waals surface area contributed by atoms with E-state index in [1.54, 1.807) is 18.2 Å². The first-order valence-corrected chi connectivity index (χ1v) is 7.75. The summed E-state index contributed by atoms with van der Waals surface area (Å²) < 4.78 is 5.36. The largest absolute Gasteiger partial charge is 0.492 e. The van der Waals surface area contributed by atoms with Gasteiger partial charge in [0, 0.05) is 12.1 Å². The lowest BCUT2D eigenvalue weighted by Crippen LogP contribution is -2.27. The molecule has 0 bridgehead atoms. The number of carbonyl (C=O) groups excluding carboxylic acids is 1. The molecule has 0 saturated carbocycles. The summed E-state index contributed by atoms with van der Waals surface area (Å²) in [6, 6.07) is 15.2. The second-order valence-corrected chi connectivity index (χ2v) is 5.51. The second kappa shape index (κ2) is 7.85. The fourth-order valence-electron chi connectivity index (χ4n) is 2.16. The number of amides is 1. The molecular weight excluding hydrogens is 298 g/mol. The van der Waals surface area contributed by atoms with E-state index < -0.39 is 0 Å². The lowest BCUT2D eigenvalue weighted by molar-refractivity contribution is 0.0951. The lowest BCUT2D eigenvalue weighted by atomic mass is 10.0. The number of ether oxygens (including phenoxy) is 1. The van der Waals surface area contributed by atoms with Gasteiger partial charge in [0.1, 0.15) is 5.75 Å². The minimum absolute atomic E-state index is 0.132. The maximum atomic E-state index is 12.2. The Hall–Kier alpha value is -2.00. The Labute approximate surface area is 136 Å². The molecule has 2 aromatic carbocycles. The van der Waals surface area contributed by atoms with Crippen molar-refractivity contribution in [3.8, 4) is 5.75 Å². The molecule has 22 heavy (non-hydrogen) atoms. The predicted octanol–water partition coefficient (Wildman–Crippen LogP) is 4.27. The Balaban J connectivity index is 1.96. The topological polar surface area (TPSA) is 38.3 Å². The Morgan fingerprint density at radius 3 is 2.59 bits per heavy atom. The van der Waals surface area contributed by atoms with Gasteiger partial charge in [0.05, 0.1) is 11.6 Å². The highest BCUT2D eigenvalue weighted by molar-refractivity contribution is 6.32. The summed E-state index contributed by atoms with van der Waals surface area (Å²) >= 11 is 6.11. The van der Waals surface area contributed by atoms with Gasteiger partial charge >= 0.3 is 0 Å². The summed E-state index contributed by atoms with van der Waals surface area (Å²) in [7, 11) is 0. The molecule has 0 spiro atoms. The van der Waals surface area contributed by atoms with Crippen molar-refractivity contribution in [3.05, 3.63) is 64.7 Å². The zero-order chi connectivity index (χ0) is 15.9. The van der Waals surface area contributed by atoms with Crippen molar-refractivity contribution < 1.29 is 9.53 Å². The SMILES string of the molecule is CCOc1ccc(C(=O)NC[C@@H](C)c2ccccc2)cc1Cl. The molecule has 1 amide bonds. The summed E-state index contributed by atoms with van der Waals surface area (Å²) in [5.41, 5.74) is 1.74. The maximum Gasteiger partial charge on any atom is 0.251 e. The van der Waals surface area contributed by atoms with E-state index in [1.807, 2.05) is 25.1 Å². The third-order valence-corrected chi connectivity index (χ3v) is 3.73. The molecule has 0 aromatic heterocycles. The molecule has 0 fully saturated rings. The maximum absolute atomic E-state index is 12.2. The van der Waals surface area contributed by atoms with Crippen LogP contribution < -0.4 is 10.1 Å². The van der Waals surface area contributed by atoms with E-state index in [4.69, 9.17) is 16.3 Å². The van der Waals surface area contributed by atoms with Gasteiger partial charge in [-0.25, -0.2) is 0 Å². The number of carbonyl (C=O) groups is 1. The number of rotatable bonds is 6. The Kier molecular flexibility index (Phi) is 5.84. The van der Waals surface area contributed by atoms with Gasteiger partial charge in [-0.3, -0.25) is 4.79 Å². The van der Waals surface area contributed by atoms with Crippen LogP contribution in [0.3, 0.4) is 0 Å². The predicted molar refractivity (Wildman–Crippen MR) is 89.8 cm³/mol. The summed E-state index contributed by atoms with van der Waals surface area (Å²) in [6.07, 6.45) is 0. The van der Waals surface area contributed by atoms with Crippen molar-refractivity contribution in [2.24, 2.45) is 0 Å². The standard InChI is InChI=1S/C18H20ClNO2/c1-3-22-17-10-9-15(11-16(17)19)18(21)20-12-13(2)14-7-5-4-6-8-14/h4-11,13H,3,12H2,1-2H3,(H,20,21)/t13-/m1/s1. The summed E-state index contributed by atoms with van der Waals surface area (Å²) in [4.78, 5) is 12.2. The number of nitrogens with one attached hydrogen (secondary N) is 1. The van der Waals surface area contributed by atoms with Crippen molar-refractivity contribution in [2.45, 2.75) is 19.8 Å². The summed E-state index contributed by atoms with van der Waals surface area (Å²) in [5.74, 6) is 0.717. The summed E-state index contributed by atoms with van der Waals surface area (Å²) in [5, 5.41) is 3.39. The van der Waals surface area contributed by atoms with Gasteiger partial charge in [-0.15, -0.1) is 0 Å². The normalized spacial score (nSPS) is 11.8. The van der Waals surface area contributed by atoms with Crippen LogP contribution in [0.2, 0.25) is 5.02 Å². The first-order valence-electron chi connectivity index (χ1n) is 7.37. The number of hydrogen-bond donors (Lipinski definition) is 1. The molecule has 0 unspecified atom stereocenters. The van der Waals surface area contributed by atoms with Gasteiger partial charge < -0.3 is 10.1 Å². The molecule has 0 aliphatic carbocycles. The minimum Gasteiger partial charge on any atom is -0.492 e. The van der Waals surface area contributed by atoms with Gasteiger partial charge in [0.15, 0.2) is 0 Å². The van der Waals surface area contributed by atoms with E-state index in [-0.39, 0.29) is 11.8 Å². The van der Waals surface area contributed by atoms with E-state index in [1.165, 1.54) is 5.56 Å². The third kappa shape index (κ3) is 4.25. The molecule has 116 valence electrons. The highest BCUT2D eigenvalue weighted by Gasteiger charge is 2.11. The first kappa shape index (κ1) is 16.4. The van der Waals surface area contributed by atoms with Crippen LogP contribution in [0.25, 0.3) is 0 Å². The van der Waals surface area contributed by atoms with Crippen LogP contribution in [0.4, 0.5) is 0 Å². The molecule has 2 rings (SSSR count). The monoisotopic (exact) mass is 317 g/mol. The molecule has 2 aromatic rings. The van der Waals surface area contributed by atoms with E-state index >= 15 is 0 Å². The van der Waals surface area contributed by atoms with Crippen molar-refractivity contribution >= 4 is 17.5 Å². The molecule has 4 heteroatoms. The Morgan fingerprint density at radius 1 is 1.23 bits per heavy atom. The molecule has 0 aliphatic rings. The highest BCUT2D eigenvalue weighted by Crippen LogP contribution is 2.25. The van der Waals surface area contributed by atoms with Gasteiger partial charge in [-0.2, -0.15) is 0 Å². The fourth-order valence-corrected chi connectivity index (χ4v) is 2.40. The first-order chi connectivity index (χ1) is 10.6. The number of benzene rings is 2. The molecule has 1 atom stereocenters. The average Bonchev–Trinajstić information content (AvgIpc) is 2.55. The van der Waals surface area contributed by atoms with E-state index in [9.17, 15) is 4.79 Å². The van der Waals surface area contributed by atoms with Crippen LogP contribution in [0.15, 0.2) is 48.5 Å². The summed E-state index contributed by atoms with van der Waals surface area (Å²) in [6.45, 7) is 5.09. The third-order valence-electron chi connectivity index (χ3n) is 3.43. The molecule has 0 saturated heterocycles. The van der Waals surface area contributed by atoms with E-state index in [0.29, 0.717) is 29.5 Å².